The molecule has 1 amide bonds. The minimum absolute atomic E-state index is 0.131. The predicted octanol–water partition coefficient (Wildman–Crippen LogP) is 0.574. The first-order valence-electron chi connectivity index (χ1n) is 6.43. The fourth-order valence-electron chi connectivity index (χ4n) is 2.33. The molecule has 2 aliphatic heterocycles. The van der Waals surface area contributed by atoms with Crippen molar-refractivity contribution >= 4 is 5.91 Å². The van der Waals surface area contributed by atoms with Crippen molar-refractivity contribution in [3.8, 4) is 5.88 Å². The van der Waals surface area contributed by atoms with Crippen LogP contribution in [0.3, 0.4) is 0 Å². The number of nitrogens with zero attached hydrogens (tertiary/aromatic N) is 2. The van der Waals surface area contributed by atoms with Gasteiger partial charge >= 0.3 is 0 Å². The highest BCUT2D eigenvalue weighted by atomic mass is 16.5. The van der Waals surface area contributed by atoms with Crippen LogP contribution in [-0.2, 0) is 11.3 Å². The molecule has 1 aromatic heterocycles. The van der Waals surface area contributed by atoms with E-state index in [2.05, 4.69) is 10.4 Å². The van der Waals surface area contributed by atoms with Gasteiger partial charge in [-0.3, -0.25) is 4.79 Å². The molecule has 18 heavy (non-hydrogen) atoms. The van der Waals surface area contributed by atoms with Crippen molar-refractivity contribution in [2.75, 3.05) is 19.8 Å². The highest BCUT2D eigenvalue weighted by molar-refractivity contribution is 5.96. The molecule has 0 spiro atoms. The van der Waals surface area contributed by atoms with E-state index in [9.17, 15) is 4.79 Å². The van der Waals surface area contributed by atoms with E-state index < -0.39 is 0 Å². The van der Waals surface area contributed by atoms with Gasteiger partial charge in [-0.25, -0.2) is 4.68 Å². The Morgan fingerprint density at radius 3 is 3.28 bits per heavy atom. The Morgan fingerprint density at radius 2 is 2.44 bits per heavy atom. The standard InChI is InChI=1S/C12H17N3O3/c16-11(13-7-9-3-1-5-17-9)10-8-14-15-4-2-6-18-12(10)15/h8-9H,1-7H2,(H,13,16). The molecular formula is C12H17N3O3. The van der Waals surface area contributed by atoms with Crippen molar-refractivity contribution in [2.24, 2.45) is 0 Å². The van der Waals surface area contributed by atoms with E-state index in [4.69, 9.17) is 9.47 Å². The van der Waals surface area contributed by atoms with Crippen LogP contribution in [0.25, 0.3) is 0 Å². The van der Waals surface area contributed by atoms with Crippen molar-refractivity contribution in [1.82, 2.24) is 15.1 Å². The lowest BCUT2D eigenvalue weighted by molar-refractivity contribution is 0.0852. The number of hydrogen-bond acceptors (Lipinski definition) is 4. The third-order valence-electron chi connectivity index (χ3n) is 3.30. The lowest BCUT2D eigenvalue weighted by atomic mass is 10.2. The molecule has 1 atom stereocenters. The second-order valence-electron chi connectivity index (χ2n) is 4.63. The Morgan fingerprint density at radius 1 is 1.50 bits per heavy atom. The largest absolute Gasteiger partial charge is 0.477 e. The molecule has 3 rings (SSSR count). The maximum atomic E-state index is 12.0. The average Bonchev–Trinajstić information content (AvgIpc) is 3.05. The highest BCUT2D eigenvalue weighted by Crippen LogP contribution is 2.22. The van der Waals surface area contributed by atoms with Crippen LogP contribution in [0.15, 0.2) is 6.20 Å². The molecule has 0 aromatic carbocycles. The summed E-state index contributed by atoms with van der Waals surface area (Å²) in [4.78, 5) is 12.0. The van der Waals surface area contributed by atoms with Crippen molar-refractivity contribution in [2.45, 2.75) is 31.9 Å². The SMILES string of the molecule is O=C(NCC1CCCO1)c1cnn2c1OCCC2. The monoisotopic (exact) mass is 251 g/mol. The topological polar surface area (TPSA) is 65.4 Å². The van der Waals surface area contributed by atoms with Gasteiger partial charge in [0.05, 0.1) is 18.9 Å². The van der Waals surface area contributed by atoms with Crippen LogP contribution in [0.2, 0.25) is 0 Å². The number of carbonyl (C=O) groups is 1. The number of aromatic nitrogens is 2. The van der Waals surface area contributed by atoms with Crippen LogP contribution in [0.5, 0.6) is 5.88 Å². The Kier molecular flexibility index (Phi) is 3.19. The van der Waals surface area contributed by atoms with E-state index in [1.807, 2.05) is 0 Å². The van der Waals surface area contributed by atoms with Crippen LogP contribution in [0.4, 0.5) is 0 Å². The number of amides is 1. The number of hydrogen-bond donors (Lipinski definition) is 1. The van der Waals surface area contributed by atoms with E-state index in [0.29, 0.717) is 24.6 Å². The summed E-state index contributed by atoms with van der Waals surface area (Å²) in [5, 5.41) is 7.04. The van der Waals surface area contributed by atoms with Gasteiger partial charge in [0, 0.05) is 26.1 Å². The van der Waals surface area contributed by atoms with Gasteiger partial charge < -0.3 is 14.8 Å². The quantitative estimate of drug-likeness (QED) is 0.853. The lowest BCUT2D eigenvalue weighted by Gasteiger charge is -2.16. The normalized spacial score (nSPS) is 22.3. The minimum Gasteiger partial charge on any atom is -0.477 e. The third-order valence-corrected chi connectivity index (χ3v) is 3.30. The second-order valence-corrected chi connectivity index (χ2v) is 4.63. The summed E-state index contributed by atoms with van der Waals surface area (Å²) in [6.07, 6.45) is 4.76. The van der Waals surface area contributed by atoms with E-state index >= 15 is 0 Å². The molecule has 1 unspecified atom stereocenters. The maximum absolute atomic E-state index is 12.0. The second kappa shape index (κ2) is 4.97. The van der Waals surface area contributed by atoms with Gasteiger partial charge in [-0.1, -0.05) is 0 Å². The number of ether oxygens (including phenoxy) is 2. The number of carbonyl (C=O) groups excluding carboxylic acids is 1. The van der Waals surface area contributed by atoms with Gasteiger partial charge in [0.25, 0.3) is 5.91 Å². The van der Waals surface area contributed by atoms with E-state index in [0.717, 1.165) is 32.4 Å². The van der Waals surface area contributed by atoms with Crippen LogP contribution in [0, 0.1) is 0 Å². The molecule has 1 N–H and O–H groups in total. The molecule has 1 fully saturated rings. The van der Waals surface area contributed by atoms with Crippen molar-refractivity contribution in [3.05, 3.63) is 11.8 Å². The average molecular weight is 251 g/mol. The van der Waals surface area contributed by atoms with Gasteiger partial charge in [-0.2, -0.15) is 5.10 Å². The Labute approximate surface area is 105 Å². The summed E-state index contributed by atoms with van der Waals surface area (Å²) in [6, 6.07) is 0. The summed E-state index contributed by atoms with van der Waals surface area (Å²) in [6.45, 7) is 2.82. The molecule has 6 nitrogen and oxygen atoms in total. The number of nitrogens with one attached hydrogen (secondary N) is 1. The highest BCUT2D eigenvalue weighted by Gasteiger charge is 2.23. The molecule has 1 saturated heterocycles. The Bertz CT molecular complexity index is 438. The summed E-state index contributed by atoms with van der Waals surface area (Å²) >= 11 is 0. The summed E-state index contributed by atoms with van der Waals surface area (Å²) in [5.41, 5.74) is 0.521. The fraction of sp³-hybridized carbons (Fsp3) is 0.667. The van der Waals surface area contributed by atoms with E-state index in [-0.39, 0.29) is 12.0 Å². The van der Waals surface area contributed by atoms with Crippen molar-refractivity contribution in [1.29, 1.82) is 0 Å². The zero-order valence-electron chi connectivity index (χ0n) is 10.2. The smallest absolute Gasteiger partial charge is 0.258 e. The maximum Gasteiger partial charge on any atom is 0.258 e. The minimum atomic E-state index is -0.131. The van der Waals surface area contributed by atoms with Gasteiger partial charge in [0.15, 0.2) is 0 Å². The Hall–Kier alpha value is -1.56. The van der Waals surface area contributed by atoms with Gasteiger partial charge in [0.1, 0.15) is 5.56 Å². The van der Waals surface area contributed by atoms with Crippen molar-refractivity contribution < 1.29 is 14.3 Å². The van der Waals surface area contributed by atoms with Crippen LogP contribution in [-0.4, -0.2) is 41.6 Å². The van der Waals surface area contributed by atoms with Gasteiger partial charge in [-0.15, -0.1) is 0 Å². The summed E-state index contributed by atoms with van der Waals surface area (Å²) < 4.78 is 12.7. The summed E-state index contributed by atoms with van der Waals surface area (Å²) in [5.74, 6) is 0.458. The van der Waals surface area contributed by atoms with Crippen LogP contribution in [0.1, 0.15) is 29.6 Å². The molecule has 6 heteroatoms. The first-order valence-corrected chi connectivity index (χ1v) is 6.43. The molecule has 3 heterocycles. The first-order chi connectivity index (χ1) is 8.84. The van der Waals surface area contributed by atoms with Gasteiger partial charge in [0.2, 0.25) is 5.88 Å². The third kappa shape index (κ3) is 2.20. The summed E-state index contributed by atoms with van der Waals surface area (Å²) in [7, 11) is 0. The number of fused-ring (bicyclic) bond motifs is 1. The van der Waals surface area contributed by atoms with Gasteiger partial charge in [-0.05, 0) is 12.8 Å². The zero-order chi connectivity index (χ0) is 12.4. The van der Waals surface area contributed by atoms with Crippen molar-refractivity contribution in [3.63, 3.8) is 0 Å². The molecule has 0 radical (unpaired) electrons. The molecule has 98 valence electrons. The number of aryl methyl sites for hydroxylation is 1. The van der Waals surface area contributed by atoms with Crippen LogP contribution < -0.4 is 10.1 Å². The molecule has 2 aliphatic rings. The molecule has 0 bridgehead atoms. The molecule has 0 saturated carbocycles. The number of rotatable bonds is 3. The molecular weight excluding hydrogens is 234 g/mol. The lowest BCUT2D eigenvalue weighted by Crippen LogP contribution is -2.32. The van der Waals surface area contributed by atoms with E-state index in [1.165, 1.54) is 0 Å². The molecule has 0 aliphatic carbocycles. The van der Waals surface area contributed by atoms with Crippen LogP contribution >= 0.6 is 0 Å². The Balaban J connectivity index is 1.63. The molecule has 1 aromatic rings. The van der Waals surface area contributed by atoms with E-state index in [1.54, 1.807) is 10.9 Å². The fourth-order valence-corrected chi connectivity index (χ4v) is 2.33. The predicted molar refractivity (Wildman–Crippen MR) is 63.6 cm³/mol. The zero-order valence-corrected chi connectivity index (χ0v) is 10.2. The first kappa shape index (κ1) is 11.5.